The van der Waals surface area contributed by atoms with Crippen LogP contribution in [0.4, 0.5) is 0 Å². The highest BCUT2D eigenvalue weighted by Crippen LogP contribution is 2.23. The molecule has 118 valence electrons. The Hall–Kier alpha value is -2.05. The lowest BCUT2D eigenvalue weighted by molar-refractivity contribution is -0.153. The van der Waals surface area contributed by atoms with E-state index in [0.717, 1.165) is 35.4 Å². The third-order valence-corrected chi connectivity index (χ3v) is 4.15. The van der Waals surface area contributed by atoms with Crippen LogP contribution in [0.1, 0.15) is 12.6 Å². The van der Waals surface area contributed by atoms with Crippen molar-refractivity contribution < 1.29 is 14.3 Å². The summed E-state index contributed by atoms with van der Waals surface area (Å²) in [7, 11) is 1.66. The zero-order valence-electron chi connectivity index (χ0n) is 12.9. The van der Waals surface area contributed by atoms with E-state index in [4.69, 9.17) is 15.2 Å². The number of nitrogens with one attached hydrogen (secondary N) is 1. The summed E-state index contributed by atoms with van der Waals surface area (Å²) in [6, 6.07) is 8.04. The van der Waals surface area contributed by atoms with Crippen molar-refractivity contribution in [3.63, 3.8) is 0 Å². The van der Waals surface area contributed by atoms with Crippen LogP contribution >= 0.6 is 0 Å². The Morgan fingerprint density at radius 1 is 1.50 bits per heavy atom. The van der Waals surface area contributed by atoms with Gasteiger partial charge in [0.2, 0.25) is 0 Å². The minimum absolute atomic E-state index is 0.418. The Morgan fingerprint density at radius 3 is 3.05 bits per heavy atom. The van der Waals surface area contributed by atoms with Gasteiger partial charge in [0.1, 0.15) is 5.75 Å². The number of nitrogens with two attached hydrogens (primary N) is 1. The van der Waals surface area contributed by atoms with Gasteiger partial charge >= 0.3 is 0 Å². The number of primary amides is 1. The van der Waals surface area contributed by atoms with E-state index in [1.54, 1.807) is 14.0 Å². The summed E-state index contributed by atoms with van der Waals surface area (Å²) in [6.07, 6.45) is 0. The van der Waals surface area contributed by atoms with Crippen molar-refractivity contribution in [1.82, 2.24) is 9.88 Å². The molecular weight excluding hydrogens is 282 g/mol. The highest BCUT2D eigenvalue weighted by molar-refractivity contribution is 5.83. The molecule has 1 aromatic carbocycles. The monoisotopic (exact) mass is 303 g/mol. The van der Waals surface area contributed by atoms with Crippen LogP contribution in [0.3, 0.4) is 0 Å². The Labute approximate surface area is 129 Å². The lowest BCUT2D eigenvalue weighted by atomic mass is 10.0. The summed E-state index contributed by atoms with van der Waals surface area (Å²) in [4.78, 5) is 17.1. The summed E-state index contributed by atoms with van der Waals surface area (Å²) in [5.74, 6) is 0.421. The molecule has 1 fully saturated rings. The lowest BCUT2D eigenvalue weighted by Crippen LogP contribution is -2.56. The van der Waals surface area contributed by atoms with Gasteiger partial charge in [0.05, 0.1) is 13.7 Å². The molecule has 22 heavy (non-hydrogen) atoms. The molecule has 3 rings (SSSR count). The number of hydrogen-bond acceptors (Lipinski definition) is 4. The van der Waals surface area contributed by atoms with E-state index < -0.39 is 11.5 Å². The molecule has 2 heterocycles. The number of aromatic nitrogens is 1. The third kappa shape index (κ3) is 2.80. The molecule has 0 bridgehead atoms. The molecule has 0 saturated carbocycles. The number of benzene rings is 1. The van der Waals surface area contributed by atoms with Gasteiger partial charge < -0.3 is 20.2 Å². The smallest absolute Gasteiger partial charge is 0.250 e. The van der Waals surface area contributed by atoms with Gasteiger partial charge in [-0.2, -0.15) is 0 Å². The molecule has 0 radical (unpaired) electrons. The number of rotatable bonds is 4. The van der Waals surface area contributed by atoms with Gasteiger partial charge in [-0.25, -0.2) is 0 Å². The molecule has 1 aromatic heterocycles. The fourth-order valence-corrected chi connectivity index (χ4v) is 2.86. The summed E-state index contributed by atoms with van der Waals surface area (Å²) in [6.45, 7) is 4.26. The molecule has 6 nitrogen and oxygen atoms in total. The van der Waals surface area contributed by atoms with Crippen molar-refractivity contribution in [3.8, 4) is 5.75 Å². The van der Waals surface area contributed by atoms with Gasteiger partial charge in [-0.1, -0.05) is 0 Å². The number of ether oxygens (including phenoxy) is 2. The number of carbonyl (C=O) groups is 1. The molecule has 1 aliphatic rings. The number of methoxy groups -OCH3 is 1. The van der Waals surface area contributed by atoms with E-state index in [0.29, 0.717) is 13.2 Å². The van der Waals surface area contributed by atoms with Gasteiger partial charge in [-0.15, -0.1) is 0 Å². The average Bonchev–Trinajstić information content (AvgIpc) is 2.88. The van der Waals surface area contributed by atoms with Gasteiger partial charge in [0.15, 0.2) is 5.60 Å². The van der Waals surface area contributed by atoms with Crippen LogP contribution in [-0.4, -0.2) is 48.2 Å². The van der Waals surface area contributed by atoms with E-state index in [9.17, 15) is 4.79 Å². The van der Waals surface area contributed by atoms with Gasteiger partial charge in [-0.05, 0) is 31.2 Å². The van der Waals surface area contributed by atoms with Crippen LogP contribution in [0, 0.1) is 0 Å². The SMILES string of the molecule is COc1ccc2[nH]c(CN3CCOC(C)(C(N)=O)C3)cc2c1. The molecule has 1 atom stereocenters. The second-order valence-corrected chi connectivity index (χ2v) is 5.90. The summed E-state index contributed by atoms with van der Waals surface area (Å²) in [5.41, 5.74) is 6.69. The quantitative estimate of drug-likeness (QED) is 0.891. The molecular formula is C16H21N3O3. The Bertz CT molecular complexity index is 697. The predicted octanol–water partition coefficient (Wildman–Crippen LogP) is 1.25. The number of H-pyrrole nitrogens is 1. The zero-order valence-corrected chi connectivity index (χ0v) is 12.9. The van der Waals surface area contributed by atoms with Crippen LogP contribution in [0.15, 0.2) is 24.3 Å². The normalized spacial score (nSPS) is 22.8. The van der Waals surface area contributed by atoms with Crippen molar-refractivity contribution in [3.05, 3.63) is 30.0 Å². The van der Waals surface area contributed by atoms with Crippen LogP contribution in [0.5, 0.6) is 5.75 Å². The standard InChI is InChI=1S/C16H21N3O3/c1-16(15(17)20)10-19(5-6-22-16)9-12-7-11-8-13(21-2)3-4-14(11)18-12/h3-4,7-8,18H,5-6,9-10H2,1-2H3,(H2,17,20). The predicted molar refractivity (Wildman–Crippen MR) is 83.7 cm³/mol. The fourth-order valence-electron chi connectivity index (χ4n) is 2.86. The Balaban J connectivity index is 1.76. The van der Waals surface area contributed by atoms with Crippen molar-refractivity contribution in [2.45, 2.75) is 19.1 Å². The fraction of sp³-hybridized carbons (Fsp3) is 0.438. The van der Waals surface area contributed by atoms with E-state index in [2.05, 4.69) is 16.0 Å². The highest BCUT2D eigenvalue weighted by atomic mass is 16.5. The second-order valence-electron chi connectivity index (χ2n) is 5.90. The number of amides is 1. The zero-order chi connectivity index (χ0) is 15.7. The first-order valence-corrected chi connectivity index (χ1v) is 7.32. The maximum absolute atomic E-state index is 11.5. The van der Waals surface area contributed by atoms with Crippen molar-refractivity contribution >= 4 is 16.8 Å². The number of hydrogen-bond donors (Lipinski definition) is 2. The Morgan fingerprint density at radius 2 is 2.32 bits per heavy atom. The summed E-state index contributed by atoms with van der Waals surface area (Å²) in [5, 5.41) is 1.11. The second kappa shape index (κ2) is 5.62. The van der Waals surface area contributed by atoms with E-state index in [1.807, 2.05) is 18.2 Å². The first-order valence-electron chi connectivity index (χ1n) is 7.32. The van der Waals surface area contributed by atoms with E-state index >= 15 is 0 Å². The van der Waals surface area contributed by atoms with Crippen molar-refractivity contribution in [2.24, 2.45) is 5.73 Å². The highest BCUT2D eigenvalue weighted by Gasteiger charge is 2.37. The molecule has 1 aliphatic heterocycles. The van der Waals surface area contributed by atoms with Crippen LogP contribution in [-0.2, 0) is 16.1 Å². The largest absolute Gasteiger partial charge is 0.497 e. The number of aromatic amines is 1. The molecule has 0 aliphatic carbocycles. The number of morpholine rings is 1. The van der Waals surface area contributed by atoms with Crippen LogP contribution in [0.2, 0.25) is 0 Å². The van der Waals surface area contributed by atoms with Crippen molar-refractivity contribution in [2.75, 3.05) is 26.8 Å². The van der Waals surface area contributed by atoms with E-state index in [1.165, 1.54) is 0 Å². The molecule has 1 saturated heterocycles. The molecule has 2 aromatic rings. The molecule has 1 unspecified atom stereocenters. The van der Waals surface area contributed by atoms with Crippen molar-refractivity contribution in [1.29, 1.82) is 0 Å². The maximum Gasteiger partial charge on any atom is 0.250 e. The van der Waals surface area contributed by atoms with E-state index in [-0.39, 0.29) is 0 Å². The van der Waals surface area contributed by atoms with Crippen LogP contribution < -0.4 is 10.5 Å². The van der Waals surface area contributed by atoms with Gasteiger partial charge in [0, 0.05) is 36.2 Å². The minimum atomic E-state index is -0.909. The number of fused-ring (bicyclic) bond motifs is 1. The summed E-state index contributed by atoms with van der Waals surface area (Å²) < 4.78 is 10.8. The van der Waals surface area contributed by atoms with Crippen LogP contribution in [0.25, 0.3) is 10.9 Å². The first-order chi connectivity index (χ1) is 10.5. The topological polar surface area (TPSA) is 80.6 Å². The average molecular weight is 303 g/mol. The first kappa shape index (κ1) is 14.9. The Kier molecular flexibility index (Phi) is 3.80. The van der Waals surface area contributed by atoms with Gasteiger partial charge in [0.25, 0.3) is 5.91 Å². The van der Waals surface area contributed by atoms with Gasteiger partial charge in [-0.3, -0.25) is 9.69 Å². The molecule has 1 amide bonds. The molecule has 0 spiro atoms. The lowest BCUT2D eigenvalue weighted by Gasteiger charge is -2.38. The third-order valence-electron chi connectivity index (χ3n) is 4.15. The summed E-state index contributed by atoms with van der Waals surface area (Å²) >= 11 is 0. The maximum atomic E-state index is 11.5. The number of nitrogens with zero attached hydrogens (tertiary/aromatic N) is 1. The molecule has 6 heteroatoms. The minimum Gasteiger partial charge on any atom is -0.497 e. The number of carbonyl (C=O) groups excluding carboxylic acids is 1. The molecule has 3 N–H and O–H groups in total.